The molecular formula is C30H25ClN2. The van der Waals surface area contributed by atoms with Gasteiger partial charge in [0.25, 0.3) is 0 Å². The van der Waals surface area contributed by atoms with Crippen molar-refractivity contribution in [3.05, 3.63) is 126 Å². The van der Waals surface area contributed by atoms with E-state index >= 15 is 0 Å². The van der Waals surface area contributed by atoms with Gasteiger partial charge in [0.1, 0.15) is 0 Å². The second-order valence-corrected chi connectivity index (χ2v) is 8.45. The van der Waals surface area contributed by atoms with Crippen LogP contribution < -0.4 is 0 Å². The van der Waals surface area contributed by atoms with E-state index in [2.05, 4.69) is 44.3 Å². The number of aromatic nitrogens is 2. The Balaban J connectivity index is 1.85. The summed E-state index contributed by atoms with van der Waals surface area (Å²) in [6.07, 6.45) is 3.87. The molecular weight excluding hydrogens is 424 g/mol. The zero-order valence-electron chi connectivity index (χ0n) is 18.8. The predicted octanol–water partition coefficient (Wildman–Crippen LogP) is 8.58. The molecule has 1 aromatic heterocycles. The van der Waals surface area contributed by atoms with E-state index in [1.165, 1.54) is 0 Å². The van der Waals surface area contributed by atoms with Crippen molar-refractivity contribution in [3.8, 4) is 33.9 Å². The van der Waals surface area contributed by atoms with Gasteiger partial charge in [0.05, 0.1) is 11.4 Å². The molecule has 0 radical (unpaired) electrons. The molecule has 33 heavy (non-hydrogen) atoms. The molecule has 0 spiro atoms. The molecule has 2 nitrogen and oxygen atoms in total. The van der Waals surface area contributed by atoms with Crippen LogP contribution in [0.3, 0.4) is 0 Å². The maximum atomic E-state index is 6.27. The lowest BCUT2D eigenvalue weighted by atomic mass is 10.0. The molecule has 0 aliphatic heterocycles. The monoisotopic (exact) mass is 448 g/mol. The van der Waals surface area contributed by atoms with Gasteiger partial charge in [0.2, 0.25) is 0 Å². The van der Waals surface area contributed by atoms with Gasteiger partial charge < -0.3 is 0 Å². The van der Waals surface area contributed by atoms with Crippen molar-refractivity contribution in [2.75, 3.05) is 0 Å². The summed E-state index contributed by atoms with van der Waals surface area (Å²) in [5.41, 5.74) is 8.94. The molecule has 0 aliphatic rings. The third-order valence-electron chi connectivity index (χ3n) is 5.37. The Hall–Kier alpha value is -3.75. The third kappa shape index (κ3) is 5.19. The van der Waals surface area contributed by atoms with Gasteiger partial charge in [-0.15, -0.1) is 0 Å². The molecule has 0 unspecified atom stereocenters. The molecule has 0 fully saturated rings. The first kappa shape index (κ1) is 22.4. The number of hydrogen-bond donors (Lipinski definition) is 0. The van der Waals surface area contributed by atoms with Crippen LogP contribution in [0.4, 0.5) is 0 Å². The molecule has 3 heteroatoms. The number of nitrogens with zero attached hydrogens (tertiary/aromatic N) is 2. The Morgan fingerprint density at radius 3 is 2.24 bits per heavy atom. The summed E-state index contributed by atoms with van der Waals surface area (Å²) < 4.78 is 0. The summed E-state index contributed by atoms with van der Waals surface area (Å²) >= 11 is 6.27. The molecule has 4 rings (SSSR count). The van der Waals surface area contributed by atoms with E-state index in [-0.39, 0.29) is 0 Å². The largest absolute Gasteiger partial charge is 0.228 e. The lowest BCUT2D eigenvalue weighted by Crippen LogP contribution is -1.97. The first-order valence-corrected chi connectivity index (χ1v) is 11.1. The van der Waals surface area contributed by atoms with Gasteiger partial charge in [-0.1, -0.05) is 103 Å². The Labute approximate surface area is 200 Å². The van der Waals surface area contributed by atoms with Crippen molar-refractivity contribution in [3.63, 3.8) is 0 Å². The van der Waals surface area contributed by atoms with Gasteiger partial charge in [-0.2, -0.15) is 0 Å². The summed E-state index contributed by atoms with van der Waals surface area (Å²) in [5.74, 6) is 0.668. The number of aryl methyl sites for hydroxylation is 1. The van der Waals surface area contributed by atoms with Crippen LogP contribution in [0.2, 0.25) is 5.02 Å². The van der Waals surface area contributed by atoms with Crippen LogP contribution in [0, 0.1) is 6.92 Å². The molecule has 0 saturated heterocycles. The molecule has 0 amide bonds. The number of halogens is 1. The number of benzene rings is 3. The van der Waals surface area contributed by atoms with Crippen molar-refractivity contribution < 1.29 is 0 Å². The zero-order valence-corrected chi connectivity index (χ0v) is 19.6. The standard InChI is InChI=1S/C30H25ClN2/c1-5-22(17-20(2)3)23-13-15-24(16-14-23)30-32-28(25-10-8-11-26(31)18-25)19-29(33-30)27-12-7-6-9-21(27)4/h5-19H,1-2H2,3-4H3/b22-17+. The average molecular weight is 449 g/mol. The summed E-state index contributed by atoms with van der Waals surface area (Å²) in [6, 6.07) is 26.2. The van der Waals surface area contributed by atoms with Crippen molar-refractivity contribution in [1.82, 2.24) is 9.97 Å². The Morgan fingerprint density at radius 1 is 0.848 bits per heavy atom. The fourth-order valence-electron chi connectivity index (χ4n) is 3.71. The van der Waals surface area contributed by atoms with E-state index in [1.54, 1.807) is 0 Å². The first-order chi connectivity index (χ1) is 15.9. The SMILES string of the molecule is C=C/C(=C\C(=C)C)c1ccc(-c2nc(-c3cccc(Cl)c3)cc(-c3ccccc3C)n2)cc1. The molecule has 1 heterocycles. The van der Waals surface area contributed by atoms with Gasteiger partial charge in [0, 0.05) is 21.7 Å². The zero-order chi connectivity index (χ0) is 23.4. The number of hydrogen-bond acceptors (Lipinski definition) is 2. The van der Waals surface area contributed by atoms with E-state index < -0.39 is 0 Å². The van der Waals surface area contributed by atoms with Crippen LogP contribution in [0.25, 0.3) is 39.5 Å². The van der Waals surface area contributed by atoms with Crippen LogP contribution in [0.15, 0.2) is 110 Å². The Bertz CT molecular complexity index is 1360. The van der Waals surface area contributed by atoms with Crippen molar-refractivity contribution >= 4 is 17.2 Å². The smallest absolute Gasteiger partial charge is 0.160 e. The topological polar surface area (TPSA) is 25.8 Å². The molecule has 162 valence electrons. The Morgan fingerprint density at radius 2 is 1.58 bits per heavy atom. The minimum atomic E-state index is 0.668. The van der Waals surface area contributed by atoms with Gasteiger partial charge in [-0.25, -0.2) is 9.97 Å². The highest BCUT2D eigenvalue weighted by molar-refractivity contribution is 6.30. The van der Waals surface area contributed by atoms with Crippen molar-refractivity contribution in [1.29, 1.82) is 0 Å². The van der Waals surface area contributed by atoms with Crippen LogP contribution in [0.5, 0.6) is 0 Å². The molecule has 0 bridgehead atoms. The van der Waals surface area contributed by atoms with Gasteiger partial charge in [-0.05, 0) is 48.7 Å². The molecule has 0 aliphatic carbocycles. The highest BCUT2D eigenvalue weighted by atomic mass is 35.5. The molecule has 0 atom stereocenters. The van der Waals surface area contributed by atoms with Gasteiger partial charge in [-0.3, -0.25) is 0 Å². The summed E-state index contributed by atoms with van der Waals surface area (Å²) in [4.78, 5) is 9.83. The quantitative estimate of drug-likeness (QED) is 0.276. The van der Waals surface area contributed by atoms with Crippen LogP contribution in [-0.2, 0) is 0 Å². The summed E-state index contributed by atoms with van der Waals surface area (Å²) in [7, 11) is 0. The van der Waals surface area contributed by atoms with E-state index in [0.29, 0.717) is 10.8 Å². The van der Waals surface area contributed by atoms with Gasteiger partial charge >= 0.3 is 0 Å². The van der Waals surface area contributed by atoms with E-state index in [9.17, 15) is 0 Å². The second-order valence-electron chi connectivity index (χ2n) is 8.01. The fourth-order valence-corrected chi connectivity index (χ4v) is 3.90. The maximum Gasteiger partial charge on any atom is 0.160 e. The molecule has 0 saturated carbocycles. The lowest BCUT2D eigenvalue weighted by molar-refractivity contribution is 1.18. The maximum absolute atomic E-state index is 6.27. The van der Waals surface area contributed by atoms with Crippen LogP contribution >= 0.6 is 11.6 Å². The minimum absolute atomic E-state index is 0.668. The summed E-state index contributed by atoms with van der Waals surface area (Å²) in [5, 5.41) is 0.677. The number of rotatable bonds is 6. The van der Waals surface area contributed by atoms with Crippen LogP contribution in [-0.4, -0.2) is 9.97 Å². The lowest BCUT2D eigenvalue weighted by Gasteiger charge is -2.11. The molecule has 3 aromatic carbocycles. The van der Waals surface area contributed by atoms with Crippen LogP contribution in [0.1, 0.15) is 18.1 Å². The van der Waals surface area contributed by atoms with Crippen molar-refractivity contribution in [2.45, 2.75) is 13.8 Å². The Kier molecular flexibility index (Phi) is 6.67. The predicted molar refractivity (Wildman–Crippen MR) is 141 cm³/mol. The highest BCUT2D eigenvalue weighted by Crippen LogP contribution is 2.30. The second kappa shape index (κ2) is 9.81. The minimum Gasteiger partial charge on any atom is -0.228 e. The molecule has 4 aromatic rings. The van der Waals surface area contributed by atoms with E-state index in [1.807, 2.05) is 73.7 Å². The van der Waals surface area contributed by atoms with E-state index in [4.69, 9.17) is 21.6 Å². The molecule has 0 N–H and O–H groups in total. The third-order valence-corrected chi connectivity index (χ3v) is 5.60. The summed E-state index contributed by atoms with van der Waals surface area (Å²) in [6.45, 7) is 12.0. The normalized spacial score (nSPS) is 11.3. The first-order valence-electron chi connectivity index (χ1n) is 10.8. The average Bonchev–Trinajstić information content (AvgIpc) is 2.82. The fraction of sp³-hybridized carbons (Fsp3) is 0.0667. The van der Waals surface area contributed by atoms with Gasteiger partial charge in [0.15, 0.2) is 5.82 Å². The highest BCUT2D eigenvalue weighted by Gasteiger charge is 2.12. The van der Waals surface area contributed by atoms with Crippen molar-refractivity contribution in [2.24, 2.45) is 0 Å². The van der Waals surface area contributed by atoms with E-state index in [0.717, 1.165) is 50.4 Å². The number of allylic oxidation sites excluding steroid dienone is 4.